The normalized spacial score (nSPS) is 12.6. The third-order valence-electron chi connectivity index (χ3n) is 2.33. The van der Waals surface area contributed by atoms with Gasteiger partial charge in [-0.25, -0.2) is 9.37 Å². The van der Waals surface area contributed by atoms with E-state index in [-0.39, 0.29) is 0 Å². The first-order valence-electron chi connectivity index (χ1n) is 5.46. The Morgan fingerprint density at radius 1 is 1.39 bits per heavy atom. The molecule has 0 spiro atoms. The molecule has 0 bridgehead atoms. The van der Waals surface area contributed by atoms with Gasteiger partial charge in [-0.2, -0.15) is 0 Å². The standard InChI is InChI=1S/C11H12BrFN4O/c12-9-3-1-2-8(15-9)11-17-16-10(18-11)5-4-7(14)6-13/h1-3,7H,4-6,14H2/t7-/m1/s1. The largest absolute Gasteiger partial charge is 0.419 e. The molecular weight excluding hydrogens is 303 g/mol. The lowest BCUT2D eigenvalue weighted by Crippen LogP contribution is -2.22. The lowest BCUT2D eigenvalue weighted by atomic mass is 10.2. The molecule has 2 heterocycles. The zero-order valence-electron chi connectivity index (χ0n) is 9.51. The minimum Gasteiger partial charge on any atom is -0.419 e. The molecule has 2 rings (SSSR count). The monoisotopic (exact) mass is 314 g/mol. The summed E-state index contributed by atoms with van der Waals surface area (Å²) in [5.41, 5.74) is 6.07. The van der Waals surface area contributed by atoms with Crippen molar-refractivity contribution >= 4 is 15.9 Å². The molecule has 0 saturated heterocycles. The molecule has 2 aromatic heterocycles. The summed E-state index contributed by atoms with van der Waals surface area (Å²) in [5.74, 6) is 0.788. The number of halogens is 2. The van der Waals surface area contributed by atoms with Crippen molar-refractivity contribution in [3.05, 3.63) is 28.7 Å². The van der Waals surface area contributed by atoms with Crippen molar-refractivity contribution in [1.82, 2.24) is 15.2 Å². The molecule has 7 heteroatoms. The van der Waals surface area contributed by atoms with Crippen LogP contribution in [0.15, 0.2) is 27.2 Å². The summed E-state index contributed by atoms with van der Waals surface area (Å²) < 4.78 is 18.3. The second-order valence-corrected chi connectivity index (χ2v) is 4.61. The van der Waals surface area contributed by atoms with Gasteiger partial charge in [-0.3, -0.25) is 0 Å². The first-order chi connectivity index (χ1) is 8.69. The van der Waals surface area contributed by atoms with Gasteiger partial charge in [0.1, 0.15) is 17.0 Å². The van der Waals surface area contributed by atoms with Crippen molar-refractivity contribution in [2.24, 2.45) is 5.73 Å². The molecule has 0 radical (unpaired) electrons. The van der Waals surface area contributed by atoms with Gasteiger partial charge in [0.25, 0.3) is 5.89 Å². The summed E-state index contributed by atoms with van der Waals surface area (Å²) in [6, 6.07) is 4.93. The van der Waals surface area contributed by atoms with E-state index < -0.39 is 12.7 Å². The van der Waals surface area contributed by atoms with Crippen molar-refractivity contribution in [2.45, 2.75) is 18.9 Å². The van der Waals surface area contributed by atoms with Crippen LogP contribution in [0.1, 0.15) is 12.3 Å². The molecule has 0 aliphatic heterocycles. The molecule has 0 fully saturated rings. The van der Waals surface area contributed by atoms with Crippen LogP contribution in [0.2, 0.25) is 0 Å². The number of alkyl halides is 1. The highest BCUT2D eigenvalue weighted by Gasteiger charge is 2.11. The fraction of sp³-hybridized carbons (Fsp3) is 0.364. The number of rotatable bonds is 5. The smallest absolute Gasteiger partial charge is 0.266 e. The third kappa shape index (κ3) is 3.33. The molecular formula is C11H12BrFN4O. The van der Waals surface area contributed by atoms with Gasteiger partial charge in [0.05, 0.1) is 0 Å². The molecule has 1 atom stereocenters. The Morgan fingerprint density at radius 3 is 2.94 bits per heavy atom. The van der Waals surface area contributed by atoms with Crippen LogP contribution in [-0.2, 0) is 6.42 Å². The van der Waals surface area contributed by atoms with E-state index >= 15 is 0 Å². The van der Waals surface area contributed by atoms with Crippen molar-refractivity contribution < 1.29 is 8.81 Å². The summed E-state index contributed by atoms with van der Waals surface area (Å²) in [6.07, 6.45) is 0.941. The maximum Gasteiger partial charge on any atom is 0.266 e. The average molecular weight is 315 g/mol. The Labute approximate surface area is 112 Å². The van der Waals surface area contributed by atoms with Crippen molar-refractivity contribution in [1.29, 1.82) is 0 Å². The van der Waals surface area contributed by atoms with E-state index in [4.69, 9.17) is 10.2 Å². The minimum absolute atomic E-state index is 0.347. The van der Waals surface area contributed by atoms with Gasteiger partial charge >= 0.3 is 0 Å². The van der Waals surface area contributed by atoms with E-state index in [0.717, 1.165) is 0 Å². The van der Waals surface area contributed by atoms with E-state index in [1.807, 2.05) is 6.07 Å². The van der Waals surface area contributed by atoms with Crippen LogP contribution >= 0.6 is 15.9 Å². The van der Waals surface area contributed by atoms with E-state index in [0.29, 0.717) is 34.9 Å². The Balaban J connectivity index is 2.06. The van der Waals surface area contributed by atoms with E-state index in [2.05, 4.69) is 31.1 Å². The number of nitrogens with two attached hydrogens (primary N) is 1. The SMILES string of the molecule is N[C@@H](CF)CCc1nnc(-c2cccc(Br)n2)o1. The molecule has 2 N–H and O–H groups in total. The third-order valence-corrected chi connectivity index (χ3v) is 2.77. The summed E-state index contributed by atoms with van der Waals surface area (Å²) >= 11 is 3.27. The second kappa shape index (κ2) is 6.01. The van der Waals surface area contributed by atoms with Crippen molar-refractivity contribution in [2.75, 3.05) is 6.67 Å². The maximum atomic E-state index is 12.2. The van der Waals surface area contributed by atoms with Gasteiger partial charge in [0.2, 0.25) is 5.89 Å². The zero-order chi connectivity index (χ0) is 13.0. The summed E-state index contributed by atoms with van der Waals surface area (Å²) in [4.78, 5) is 4.20. The van der Waals surface area contributed by atoms with Gasteiger partial charge in [-0.05, 0) is 34.5 Å². The summed E-state index contributed by atoms with van der Waals surface area (Å²) in [7, 11) is 0. The van der Waals surface area contributed by atoms with E-state index in [1.54, 1.807) is 12.1 Å². The molecule has 2 aromatic rings. The molecule has 0 aliphatic carbocycles. The van der Waals surface area contributed by atoms with Gasteiger partial charge < -0.3 is 10.2 Å². The average Bonchev–Trinajstić information content (AvgIpc) is 2.84. The van der Waals surface area contributed by atoms with Crippen molar-refractivity contribution in [3.8, 4) is 11.6 Å². The minimum atomic E-state index is -0.547. The van der Waals surface area contributed by atoms with E-state index in [9.17, 15) is 4.39 Å². The molecule has 0 aliphatic rings. The highest BCUT2D eigenvalue weighted by Crippen LogP contribution is 2.18. The summed E-state index contributed by atoms with van der Waals surface area (Å²) in [6.45, 7) is -0.547. The predicted molar refractivity (Wildman–Crippen MR) is 67.5 cm³/mol. The lowest BCUT2D eigenvalue weighted by Gasteiger charge is -2.02. The van der Waals surface area contributed by atoms with Crippen LogP contribution in [0, 0.1) is 0 Å². The Morgan fingerprint density at radius 2 is 2.22 bits per heavy atom. The molecule has 0 amide bonds. The van der Waals surface area contributed by atoms with Gasteiger partial charge in [0, 0.05) is 12.5 Å². The molecule has 0 saturated carbocycles. The number of hydrogen-bond acceptors (Lipinski definition) is 5. The number of aryl methyl sites for hydroxylation is 1. The van der Waals surface area contributed by atoms with Gasteiger partial charge in [-0.1, -0.05) is 6.07 Å². The van der Waals surface area contributed by atoms with Crippen LogP contribution in [0.4, 0.5) is 4.39 Å². The molecule has 0 unspecified atom stereocenters. The van der Waals surface area contributed by atoms with Crippen LogP contribution in [-0.4, -0.2) is 27.9 Å². The number of nitrogens with zero attached hydrogens (tertiary/aromatic N) is 3. The number of hydrogen-bond donors (Lipinski definition) is 1. The summed E-state index contributed by atoms with van der Waals surface area (Å²) in [5, 5.41) is 7.78. The highest BCUT2D eigenvalue weighted by molar-refractivity contribution is 9.10. The van der Waals surface area contributed by atoms with Crippen LogP contribution in [0.5, 0.6) is 0 Å². The van der Waals surface area contributed by atoms with Crippen LogP contribution in [0.3, 0.4) is 0 Å². The van der Waals surface area contributed by atoms with Gasteiger partial charge in [0.15, 0.2) is 0 Å². The Bertz CT molecular complexity index is 519. The van der Waals surface area contributed by atoms with Crippen molar-refractivity contribution in [3.63, 3.8) is 0 Å². The van der Waals surface area contributed by atoms with Crippen LogP contribution < -0.4 is 5.73 Å². The number of aromatic nitrogens is 3. The second-order valence-electron chi connectivity index (χ2n) is 3.80. The highest BCUT2D eigenvalue weighted by atomic mass is 79.9. The topological polar surface area (TPSA) is 77.8 Å². The van der Waals surface area contributed by atoms with Gasteiger partial charge in [-0.15, -0.1) is 10.2 Å². The fourth-order valence-electron chi connectivity index (χ4n) is 1.37. The quantitative estimate of drug-likeness (QED) is 0.855. The first kappa shape index (κ1) is 13.1. The molecule has 18 heavy (non-hydrogen) atoms. The zero-order valence-corrected chi connectivity index (χ0v) is 11.1. The molecule has 96 valence electrons. The maximum absolute atomic E-state index is 12.2. The number of pyridine rings is 1. The molecule has 0 aromatic carbocycles. The van der Waals surface area contributed by atoms with E-state index in [1.165, 1.54) is 0 Å². The van der Waals surface area contributed by atoms with Crippen LogP contribution in [0.25, 0.3) is 11.6 Å². The lowest BCUT2D eigenvalue weighted by molar-refractivity contribution is 0.399. The fourth-order valence-corrected chi connectivity index (χ4v) is 1.72. The molecule has 5 nitrogen and oxygen atoms in total. The Hall–Kier alpha value is -1.34. The Kier molecular flexibility index (Phi) is 4.38. The predicted octanol–water partition coefficient (Wildman–Crippen LogP) is 2.12. The first-order valence-corrected chi connectivity index (χ1v) is 6.25.